The minimum Gasteiger partial charge on any atom is -0.444 e. The molecule has 1 aromatic rings. The Hall–Kier alpha value is -2.12. The third kappa shape index (κ3) is 4.41. The highest BCUT2D eigenvalue weighted by atomic mass is 16.6. The number of hydrogen-bond donors (Lipinski definition) is 0. The number of carbonyl (C=O) groups excluding carboxylic acids is 2. The zero-order valence-electron chi connectivity index (χ0n) is 17.9. The Kier molecular flexibility index (Phi) is 5.53. The van der Waals surface area contributed by atoms with Crippen LogP contribution in [-0.4, -0.2) is 55.3 Å². The quantitative estimate of drug-likeness (QED) is 0.774. The predicted molar refractivity (Wildman–Crippen MR) is 107 cm³/mol. The summed E-state index contributed by atoms with van der Waals surface area (Å²) in [5, 5.41) is 8.81. The summed E-state index contributed by atoms with van der Waals surface area (Å²) in [4.78, 5) is 29.0. The second-order valence-corrected chi connectivity index (χ2v) is 9.63. The van der Waals surface area contributed by atoms with Crippen LogP contribution in [0.5, 0.6) is 0 Å². The Morgan fingerprint density at radius 1 is 1.03 bits per heavy atom. The third-order valence-electron chi connectivity index (χ3n) is 6.24. The van der Waals surface area contributed by atoms with Crippen molar-refractivity contribution in [3.63, 3.8) is 0 Å². The molecule has 0 unspecified atom stereocenters. The van der Waals surface area contributed by atoms with Gasteiger partial charge in [-0.25, -0.2) is 4.79 Å². The Morgan fingerprint density at radius 2 is 1.79 bits per heavy atom. The van der Waals surface area contributed by atoms with Crippen molar-refractivity contribution in [1.82, 2.24) is 24.6 Å². The lowest BCUT2D eigenvalue weighted by Crippen LogP contribution is -2.42. The minimum atomic E-state index is -0.516. The normalized spacial score (nSPS) is 22.8. The molecule has 2 amide bonds. The molecule has 8 nitrogen and oxygen atoms in total. The lowest BCUT2D eigenvalue weighted by Gasteiger charge is -2.31. The van der Waals surface area contributed by atoms with Crippen molar-refractivity contribution in [3.8, 4) is 0 Å². The van der Waals surface area contributed by atoms with Crippen molar-refractivity contribution in [1.29, 1.82) is 0 Å². The molecule has 2 aliphatic heterocycles. The molecule has 1 aliphatic carbocycles. The van der Waals surface area contributed by atoms with Crippen molar-refractivity contribution >= 4 is 12.0 Å². The number of ether oxygens (including phenoxy) is 1. The van der Waals surface area contributed by atoms with Gasteiger partial charge in [-0.05, 0) is 52.4 Å². The highest BCUT2D eigenvalue weighted by Gasteiger charge is 2.37. The van der Waals surface area contributed by atoms with Gasteiger partial charge in [0.25, 0.3) is 0 Å². The van der Waals surface area contributed by atoms with E-state index in [0.29, 0.717) is 32.0 Å². The van der Waals surface area contributed by atoms with Crippen molar-refractivity contribution in [3.05, 3.63) is 11.6 Å². The van der Waals surface area contributed by atoms with Crippen LogP contribution in [0.2, 0.25) is 0 Å². The van der Waals surface area contributed by atoms with Crippen LogP contribution < -0.4 is 0 Å². The first-order chi connectivity index (χ1) is 13.8. The zero-order chi connectivity index (χ0) is 20.6. The number of carbonyl (C=O) groups is 2. The van der Waals surface area contributed by atoms with Gasteiger partial charge < -0.3 is 14.2 Å². The lowest BCUT2D eigenvalue weighted by atomic mass is 10.0. The number of likely N-dealkylation sites (tertiary alicyclic amines) is 1. The molecular formula is C21H33N5O3. The summed E-state index contributed by atoms with van der Waals surface area (Å²) in [5.41, 5.74) is -0.516. The molecule has 0 bridgehead atoms. The lowest BCUT2D eigenvalue weighted by molar-refractivity contribution is -0.133. The number of aromatic nitrogens is 3. The van der Waals surface area contributed by atoms with Gasteiger partial charge in [0.05, 0.1) is 12.6 Å². The molecule has 0 N–H and O–H groups in total. The molecule has 1 aromatic heterocycles. The smallest absolute Gasteiger partial charge is 0.410 e. The van der Waals surface area contributed by atoms with E-state index < -0.39 is 5.60 Å². The van der Waals surface area contributed by atoms with Crippen LogP contribution in [0, 0.1) is 5.92 Å². The molecule has 2 fully saturated rings. The number of fused-ring (bicyclic) bond motifs is 1. The van der Waals surface area contributed by atoms with Gasteiger partial charge in [0.1, 0.15) is 5.60 Å². The van der Waals surface area contributed by atoms with Crippen LogP contribution >= 0.6 is 0 Å². The zero-order valence-corrected chi connectivity index (χ0v) is 17.9. The summed E-state index contributed by atoms with van der Waals surface area (Å²) in [6.45, 7) is 8.01. The fourth-order valence-electron chi connectivity index (χ4n) is 4.82. The monoisotopic (exact) mass is 403 g/mol. The molecule has 1 saturated heterocycles. The van der Waals surface area contributed by atoms with E-state index in [2.05, 4.69) is 14.8 Å². The highest BCUT2D eigenvalue weighted by Crippen LogP contribution is 2.35. The molecule has 3 heterocycles. The Bertz CT molecular complexity index is 763. The minimum absolute atomic E-state index is 0.0122. The molecule has 1 atom stereocenters. The Labute approximate surface area is 172 Å². The van der Waals surface area contributed by atoms with Crippen molar-refractivity contribution in [2.45, 2.75) is 90.4 Å². The molecule has 4 rings (SSSR count). The summed E-state index contributed by atoms with van der Waals surface area (Å²) >= 11 is 0. The molecule has 0 spiro atoms. The molecule has 1 saturated carbocycles. The van der Waals surface area contributed by atoms with Crippen molar-refractivity contribution in [2.24, 2.45) is 5.92 Å². The van der Waals surface area contributed by atoms with Crippen LogP contribution in [0.15, 0.2) is 0 Å². The second-order valence-electron chi connectivity index (χ2n) is 9.63. The molecular weight excluding hydrogens is 370 g/mol. The van der Waals surface area contributed by atoms with Gasteiger partial charge in [0, 0.05) is 26.1 Å². The SMILES string of the molecule is CC(C)(C)OC(=O)N1CCn2c(nnc2[C@H]2CCCN2C(=O)CC2CCCC2)C1. The summed E-state index contributed by atoms with van der Waals surface area (Å²) < 4.78 is 7.59. The van der Waals surface area contributed by atoms with Crippen LogP contribution in [-0.2, 0) is 22.6 Å². The van der Waals surface area contributed by atoms with E-state index in [1.807, 2.05) is 25.7 Å². The Morgan fingerprint density at radius 3 is 2.52 bits per heavy atom. The van der Waals surface area contributed by atoms with Crippen LogP contribution in [0.3, 0.4) is 0 Å². The largest absolute Gasteiger partial charge is 0.444 e. The maximum Gasteiger partial charge on any atom is 0.410 e. The number of amides is 2. The topological polar surface area (TPSA) is 80.6 Å². The fourth-order valence-corrected chi connectivity index (χ4v) is 4.82. The van der Waals surface area contributed by atoms with Gasteiger partial charge in [-0.15, -0.1) is 10.2 Å². The van der Waals surface area contributed by atoms with Gasteiger partial charge in [-0.3, -0.25) is 9.69 Å². The summed E-state index contributed by atoms with van der Waals surface area (Å²) in [6, 6.07) is 0.0122. The van der Waals surface area contributed by atoms with Crippen LogP contribution in [0.25, 0.3) is 0 Å². The van der Waals surface area contributed by atoms with Crippen LogP contribution in [0.1, 0.15) is 83.4 Å². The summed E-state index contributed by atoms with van der Waals surface area (Å²) in [6.07, 6.45) is 7.18. The van der Waals surface area contributed by atoms with E-state index in [4.69, 9.17) is 4.74 Å². The van der Waals surface area contributed by atoms with E-state index in [1.54, 1.807) is 4.90 Å². The van der Waals surface area contributed by atoms with Gasteiger partial charge >= 0.3 is 6.09 Å². The number of hydrogen-bond acceptors (Lipinski definition) is 5. The molecule has 160 valence electrons. The van der Waals surface area contributed by atoms with Crippen molar-refractivity contribution in [2.75, 3.05) is 13.1 Å². The molecule has 8 heteroatoms. The maximum atomic E-state index is 12.9. The standard InChI is InChI=1S/C21H33N5O3/c1-21(2,3)29-20(28)24-11-12-26-17(14-24)22-23-19(26)16-9-6-10-25(16)18(27)13-15-7-4-5-8-15/h15-16H,4-14H2,1-3H3/t16-/m1/s1. The van der Waals surface area contributed by atoms with Gasteiger partial charge in [0.15, 0.2) is 11.6 Å². The Balaban J connectivity index is 1.44. The average molecular weight is 404 g/mol. The number of nitrogens with zero attached hydrogens (tertiary/aromatic N) is 5. The van der Waals surface area contributed by atoms with Gasteiger partial charge in [0.2, 0.25) is 5.91 Å². The van der Waals surface area contributed by atoms with E-state index in [0.717, 1.165) is 31.0 Å². The average Bonchev–Trinajstić information content (AvgIpc) is 3.39. The molecule has 0 aromatic carbocycles. The van der Waals surface area contributed by atoms with Crippen molar-refractivity contribution < 1.29 is 14.3 Å². The van der Waals surface area contributed by atoms with E-state index in [1.165, 1.54) is 25.7 Å². The molecule has 29 heavy (non-hydrogen) atoms. The molecule has 0 radical (unpaired) electrons. The van der Waals surface area contributed by atoms with E-state index in [-0.39, 0.29) is 18.0 Å². The predicted octanol–water partition coefficient (Wildman–Crippen LogP) is 3.27. The number of rotatable bonds is 3. The van der Waals surface area contributed by atoms with E-state index >= 15 is 0 Å². The summed E-state index contributed by atoms with van der Waals surface area (Å²) in [7, 11) is 0. The van der Waals surface area contributed by atoms with Gasteiger partial charge in [-0.2, -0.15) is 0 Å². The van der Waals surface area contributed by atoms with Gasteiger partial charge in [-0.1, -0.05) is 12.8 Å². The maximum absolute atomic E-state index is 12.9. The highest BCUT2D eigenvalue weighted by molar-refractivity contribution is 5.77. The summed E-state index contributed by atoms with van der Waals surface area (Å²) in [5.74, 6) is 2.47. The van der Waals surface area contributed by atoms with E-state index in [9.17, 15) is 9.59 Å². The first-order valence-corrected chi connectivity index (χ1v) is 11.0. The molecule has 3 aliphatic rings. The fraction of sp³-hybridized carbons (Fsp3) is 0.810. The first-order valence-electron chi connectivity index (χ1n) is 11.0. The first kappa shape index (κ1) is 20.2. The third-order valence-corrected chi connectivity index (χ3v) is 6.24. The van der Waals surface area contributed by atoms with Crippen LogP contribution in [0.4, 0.5) is 4.79 Å². The second kappa shape index (κ2) is 7.95.